The molecule has 0 unspecified atom stereocenters. The van der Waals surface area contributed by atoms with Crippen LogP contribution in [0.25, 0.3) is 11.2 Å². The Morgan fingerprint density at radius 3 is 2.92 bits per heavy atom. The highest BCUT2D eigenvalue weighted by atomic mass is 16.3. The van der Waals surface area contributed by atoms with E-state index in [1.807, 2.05) is 13.8 Å². The lowest BCUT2D eigenvalue weighted by molar-refractivity contribution is 0.501. The minimum absolute atomic E-state index is 0.291. The van der Waals surface area contributed by atoms with Gasteiger partial charge in [0.05, 0.1) is 6.20 Å². The van der Waals surface area contributed by atoms with Crippen molar-refractivity contribution >= 4 is 11.2 Å². The molecular formula is C8H9N3O. The molecule has 0 bridgehead atoms. The molecule has 4 heteroatoms. The summed E-state index contributed by atoms with van der Waals surface area (Å²) in [5.74, 6) is 1.00. The zero-order valence-corrected chi connectivity index (χ0v) is 6.98. The average Bonchev–Trinajstić information content (AvgIpc) is 2.46. The van der Waals surface area contributed by atoms with E-state index < -0.39 is 0 Å². The third-order valence-electron chi connectivity index (χ3n) is 1.59. The maximum Gasteiger partial charge on any atom is 0.220 e. The van der Waals surface area contributed by atoms with Crippen LogP contribution in [0.4, 0.5) is 0 Å². The van der Waals surface area contributed by atoms with Crippen molar-refractivity contribution in [3.8, 4) is 0 Å². The molecule has 0 aliphatic carbocycles. The van der Waals surface area contributed by atoms with Crippen molar-refractivity contribution < 1.29 is 4.42 Å². The second-order valence-corrected chi connectivity index (χ2v) is 2.93. The molecule has 2 heterocycles. The van der Waals surface area contributed by atoms with E-state index in [4.69, 9.17) is 4.42 Å². The summed E-state index contributed by atoms with van der Waals surface area (Å²) in [5, 5.41) is 7.54. The summed E-state index contributed by atoms with van der Waals surface area (Å²) in [6, 6.07) is 1.77. The zero-order valence-electron chi connectivity index (χ0n) is 6.98. The lowest BCUT2D eigenvalue weighted by Crippen LogP contribution is -1.85. The van der Waals surface area contributed by atoms with Gasteiger partial charge in [0, 0.05) is 12.0 Å². The van der Waals surface area contributed by atoms with Gasteiger partial charge in [-0.25, -0.2) is 0 Å². The van der Waals surface area contributed by atoms with Gasteiger partial charge in [-0.15, -0.1) is 5.10 Å². The van der Waals surface area contributed by atoms with Gasteiger partial charge >= 0.3 is 0 Å². The molecule has 0 fully saturated rings. The fourth-order valence-corrected chi connectivity index (χ4v) is 0.957. The van der Waals surface area contributed by atoms with E-state index in [9.17, 15) is 0 Å². The fraction of sp³-hybridized carbons (Fsp3) is 0.375. The Labute approximate surface area is 69.6 Å². The molecule has 0 N–H and O–H groups in total. The van der Waals surface area contributed by atoms with Gasteiger partial charge in [-0.05, 0) is 0 Å². The Kier molecular flexibility index (Phi) is 1.53. The molecule has 4 nitrogen and oxygen atoms in total. The number of fused-ring (bicyclic) bond motifs is 1. The van der Waals surface area contributed by atoms with Crippen molar-refractivity contribution in [2.24, 2.45) is 0 Å². The van der Waals surface area contributed by atoms with Crippen molar-refractivity contribution in [2.45, 2.75) is 19.8 Å². The first-order valence-electron chi connectivity index (χ1n) is 3.85. The Hall–Kier alpha value is -1.45. The Morgan fingerprint density at radius 2 is 2.25 bits per heavy atom. The van der Waals surface area contributed by atoms with Crippen LogP contribution in [-0.2, 0) is 0 Å². The number of nitrogens with zero attached hydrogens (tertiary/aromatic N) is 3. The smallest absolute Gasteiger partial charge is 0.220 e. The maximum atomic E-state index is 5.42. The minimum atomic E-state index is 0.291. The first-order chi connectivity index (χ1) is 5.77. The van der Waals surface area contributed by atoms with E-state index in [0.717, 1.165) is 0 Å². The highest BCUT2D eigenvalue weighted by Crippen LogP contribution is 2.17. The van der Waals surface area contributed by atoms with Crippen molar-refractivity contribution in [2.75, 3.05) is 0 Å². The molecule has 0 saturated carbocycles. The van der Waals surface area contributed by atoms with Crippen molar-refractivity contribution in [1.29, 1.82) is 0 Å². The van der Waals surface area contributed by atoms with Crippen LogP contribution < -0.4 is 0 Å². The van der Waals surface area contributed by atoms with Crippen LogP contribution in [0.15, 0.2) is 16.7 Å². The molecule has 62 valence electrons. The Bertz CT molecular complexity index is 361. The summed E-state index contributed by atoms with van der Waals surface area (Å²) >= 11 is 0. The van der Waals surface area contributed by atoms with Crippen molar-refractivity contribution in [1.82, 2.24) is 15.2 Å². The summed E-state index contributed by atoms with van der Waals surface area (Å²) < 4.78 is 5.42. The van der Waals surface area contributed by atoms with Crippen LogP contribution in [0.5, 0.6) is 0 Å². The summed E-state index contributed by atoms with van der Waals surface area (Å²) in [6.07, 6.45) is 1.59. The predicted molar refractivity (Wildman–Crippen MR) is 43.7 cm³/mol. The van der Waals surface area contributed by atoms with Gasteiger partial charge in [0.25, 0.3) is 0 Å². The third kappa shape index (κ3) is 1.05. The van der Waals surface area contributed by atoms with Crippen LogP contribution in [-0.4, -0.2) is 15.2 Å². The van der Waals surface area contributed by atoms with Crippen LogP contribution in [0.1, 0.15) is 25.7 Å². The molecule has 0 aromatic carbocycles. The Morgan fingerprint density at radius 1 is 1.42 bits per heavy atom. The number of aromatic nitrogens is 3. The zero-order chi connectivity index (χ0) is 8.55. The second-order valence-electron chi connectivity index (χ2n) is 2.93. The van der Waals surface area contributed by atoms with E-state index in [1.54, 1.807) is 12.3 Å². The molecule has 2 rings (SSSR count). The van der Waals surface area contributed by atoms with E-state index in [2.05, 4.69) is 15.2 Å². The minimum Gasteiger partial charge on any atom is -0.439 e. The van der Waals surface area contributed by atoms with Gasteiger partial charge in [-0.3, -0.25) is 0 Å². The lowest BCUT2D eigenvalue weighted by Gasteiger charge is -1.93. The van der Waals surface area contributed by atoms with Crippen molar-refractivity contribution in [3.05, 3.63) is 18.2 Å². The summed E-state index contributed by atoms with van der Waals surface area (Å²) in [4.78, 5) is 4.17. The number of oxazole rings is 1. The quantitative estimate of drug-likeness (QED) is 0.642. The molecular weight excluding hydrogens is 154 g/mol. The SMILES string of the molecule is CC(C)c1nc2nnccc2o1. The number of hydrogen-bond donors (Lipinski definition) is 0. The summed E-state index contributed by atoms with van der Waals surface area (Å²) in [6.45, 7) is 4.05. The lowest BCUT2D eigenvalue weighted by atomic mass is 10.2. The molecule has 0 saturated heterocycles. The van der Waals surface area contributed by atoms with E-state index in [1.165, 1.54) is 0 Å². The molecule has 2 aromatic rings. The maximum absolute atomic E-state index is 5.42. The molecule has 0 amide bonds. The first kappa shape index (κ1) is 7.21. The van der Waals surface area contributed by atoms with Crippen LogP contribution in [0.2, 0.25) is 0 Å². The normalized spacial score (nSPS) is 11.2. The average molecular weight is 163 g/mol. The highest BCUT2D eigenvalue weighted by Gasteiger charge is 2.08. The van der Waals surface area contributed by atoms with Crippen LogP contribution in [0.3, 0.4) is 0 Å². The predicted octanol–water partition coefficient (Wildman–Crippen LogP) is 1.74. The number of rotatable bonds is 1. The van der Waals surface area contributed by atoms with Gasteiger partial charge in [0.2, 0.25) is 5.65 Å². The van der Waals surface area contributed by atoms with E-state index >= 15 is 0 Å². The fourth-order valence-electron chi connectivity index (χ4n) is 0.957. The first-order valence-corrected chi connectivity index (χ1v) is 3.85. The molecule has 0 aliphatic heterocycles. The molecule has 12 heavy (non-hydrogen) atoms. The summed E-state index contributed by atoms with van der Waals surface area (Å²) in [5.41, 5.74) is 1.29. The van der Waals surface area contributed by atoms with Gasteiger partial charge in [-0.1, -0.05) is 13.8 Å². The molecule has 0 radical (unpaired) electrons. The van der Waals surface area contributed by atoms with E-state index in [-0.39, 0.29) is 0 Å². The van der Waals surface area contributed by atoms with Gasteiger partial charge < -0.3 is 4.42 Å². The third-order valence-corrected chi connectivity index (χ3v) is 1.59. The molecule has 0 aliphatic rings. The van der Waals surface area contributed by atoms with Gasteiger partial charge in [-0.2, -0.15) is 10.1 Å². The Balaban J connectivity index is 2.62. The molecule has 2 aromatic heterocycles. The second kappa shape index (κ2) is 2.55. The van der Waals surface area contributed by atoms with E-state index in [0.29, 0.717) is 23.0 Å². The molecule has 0 atom stereocenters. The summed E-state index contributed by atoms with van der Waals surface area (Å²) in [7, 11) is 0. The van der Waals surface area contributed by atoms with Gasteiger partial charge in [0.1, 0.15) is 0 Å². The molecule has 0 spiro atoms. The highest BCUT2D eigenvalue weighted by molar-refractivity contribution is 5.66. The monoisotopic (exact) mass is 163 g/mol. The number of hydrogen-bond acceptors (Lipinski definition) is 4. The van der Waals surface area contributed by atoms with Crippen LogP contribution >= 0.6 is 0 Å². The topological polar surface area (TPSA) is 51.8 Å². The largest absolute Gasteiger partial charge is 0.439 e. The standard InChI is InChI=1S/C8H9N3O/c1-5(2)8-10-7-6(12-8)3-4-9-11-7/h3-5H,1-2H3. The van der Waals surface area contributed by atoms with Crippen molar-refractivity contribution in [3.63, 3.8) is 0 Å². The van der Waals surface area contributed by atoms with Gasteiger partial charge in [0.15, 0.2) is 11.5 Å². The van der Waals surface area contributed by atoms with Crippen LogP contribution in [0, 0.1) is 0 Å².